The summed E-state index contributed by atoms with van der Waals surface area (Å²) in [6, 6.07) is 8.06. The van der Waals surface area contributed by atoms with Gasteiger partial charge in [0.1, 0.15) is 0 Å². The van der Waals surface area contributed by atoms with Crippen LogP contribution < -0.4 is 10.6 Å². The summed E-state index contributed by atoms with van der Waals surface area (Å²) in [6.07, 6.45) is 0.452. The summed E-state index contributed by atoms with van der Waals surface area (Å²) < 4.78 is 0. The highest BCUT2D eigenvalue weighted by Crippen LogP contribution is 2.16. The Morgan fingerprint density at radius 3 is 2.28 bits per heavy atom. The maximum atomic E-state index is 11.4. The highest BCUT2D eigenvalue weighted by Gasteiger charge is 2.09. The number of likely N-dealkylation sites (N-methyl/N-ethyl adjacent to an activating group) is 1. The third-order valence-electron chi connectivity index (χ3n) is 2.52. The van der Waals surface area contributed by atoms with Gasteiger partial charge in [-0.1, -0.05) is 32.9 Å². The zero-order chi connectivity index (χ0) is 13.6. The van der Waals surface area contributed by atoms with Gasteiger partial charge in [0, 0.05) is 18.8 Å². The number of hydrogen-bond acceptors (Lipinski definition) is 2. The molecule has 0 bridgehead atoms. The minimum Gasteiger partial charge on any atom is -0.385 e. The molecule has 0 atom stereocenters. The van der Waals surface area contributed by atoms with Crippen molar-refractivity contribution >= 4 is 11.6 Å². The molecule has 0 aliphatic rings. The standard InChI is InChI=1S/C15H24N2O/c1-5-16-14(18)10-12-6-8-13(9-7-12)17-11-15(2,3)4/h6-9,17H,5,10-11H2,1-4H3,(H,16,18). The normalized spacial score (nSPS) is 11.1. The lowest BCUT2D eigenvalue weighted by atomic mass is 9.97. The van der Waals surface area contributed by atoms with Crippen molar-refractivity contribution in [3.05, 3.63) is 29.8 Å². The Morgan fingerprint density at radius 2 is 1.78 bits per heavy atom. The maximum absolute atomic E-state index is 11.4. The number of benzene rings is 1. The molecule has 0 spiro atoms. The fourth-order valence-electron chi connectivity index (χ4n) is 1.55. The zero-order valence-electron chi connectivity index (χ0n) is 11.8. The monoisotopic (exact) mass is 248 g/mol. The van der Waals surface area contributed by atoms with E-state index in [2.05, 4.69) is 31.4 Å². The van der Waals surface area contributed by atoms with Crippen molar-refractivity contribution in [2.75, 3.05) is 18.4 Å². The molecule has 3 nitrogen and oxygen atoms in total. The van der Waals surface area contributed by atoms with Crippen LogP contribution in [0.3, 0.4) is 0 Å². The van der Waals surface area contributed by atoms with E-state index >= 15 is 0 Å². The highest BCUT2D eigenvalue weighted by molar-refractivity contribution is 5.78. The molecule has 2 N–H and O–H groups in total. The Kier molecular flexibility index (Phi) is 5.20. The molecule has 18 heavy (non-hydrogen) atoms. The summed E-state index contributed by atoms with van der Waals surface area (Å²) in [5.74, 6) is 0.0768. The fraction of sp³-hybridized carbons (Fsp3) is 0.533. The Morgan fingerprint density at radius 1 is 1.17 bits per heavy atom. The first-order valence-corrected chi connectivity index (χ1v) is 6.50. The second kappa shape index (κ2) is 6.43. The Bertz CT molecular complexity index is 376. The van der Waals surface area contributed by atoms with E-state index in [0.717, 1.165) is 17.8 Å². The summed E-state index contributed by atoms with van der Waals surface area (Å²) in [7, 11) is 0. The Labute approximate surface area is 110 Å². The Balaban J connectivity index is 2.50. The molecule has 0 heterocycles. The van der Waals surface area contributed by atoms with Crippen LogP contribution in [-0.2, 0) is 11.2 Å². The number of hydrogen-bond donors (Lipinski definition) is 2. The molecular weight excluding hydrogens is 224 g/mol. The van der Waals surface area contributed by atoms with Crippen LogP contribution in [0.15, 0.2) is 24.3 Å². The lowest BCUT2D eigenvalue weighted by molar-refractivity contribution is -0.120. The first kappa shape index (κ1) is 14.6. The van der Waals surface area contributed by atoms with Crippen LogP contribution in [0, 0.1) is 5.41 Å². The van der Waals surface area contributed by atoms with E-state index in [9.17, 15) is 4.79 Å². The third kappa shape index (κ3) is 5.71. The number of nitrogens with one attached hydrogen (secondary N) is 2. The largest absolute Gasteiger partial charge is 0.385 e. The van der Waals surface area contributed by atoms with Crippen molar-refractivity contribution in [2.45, 2.75) is 34.1 Å². The number of anilines is 1. The van der Waals surface area contributed by atoms with Gasteiger partial charge >= 0.3 is 0 Å². The minimum atomic E-state index is 0.0768. The van der Waals surface area contributed by atoms with Crippen molar-refractivity contribution < 1.29 is 4.79 Å². The fourth-order valence-corrected chi connectivity index (χ4v) is 1.55. The van der Waals surface area contributed by atoms with Gasteiger partial charge in [-0.15, -0.1) is 0 Å². The summed E-state index contributed by atoms with van der Waals surface area (Å²) in [4.78, 5) is 11.4. The van der Waals surface area contributed by atoms with E-state index in [1.807, 2.05) is 31.2 Å². The van der Waals surface area contributed by atoms with Gasteiger partial charge in [0.2, 0.25) is 5.91 Å². The van der Waals surface area contributed by atoms with Crippen LogP contribution in [0.4, 0.5) is 5.69 Å². The molecular formula is C15H24N2O. The van der Waals surface area contributed by atoms with Crippen molar-refractivity contribution in [3.63, 3.8) is 0 Å². The van der Waals surface area contributed by atoms with E-state index in [0.29, 0.717) is 13.0 Å². The van der Waals surface area contributed by atoms with Gasteiger partial charge in [-0.25, -0.2) is 0 Å². The summed E-state index contributed by atoms with van der Waals surface area (Å²) in [5, 5.41) is 6.19. The molecule has 0 saturated carbocycles. The lowest BCUT2D eigenvalue weighted by Gasteiger charge is -2.19. The number of carbonyl (C=O) groups excluding carboxylic acids is 1. The van der Waals surface area contributed by atoms with E-state index in [1.54, 1.807) is 0 Å². The van der Waals surface area contributed by atoms with Crippen LogP contribution in [0.5, 0.6) is 0 Å². The van der Waals surface area contributed by atoms with Gasteiger partial charge < -0.3 is 10.6 Å². The molecule has 0 aromatic heterocycles. The highest BCUT2D eigenvalue weighted by atomic mass is 16.1. The molecule has 1 aromatic carbocycles. The Hall–Kier alpha value is -1.51. The molecule has 100 valence electrons. The second-order valence-electron chi connectivity index (χ2n) is 5.74. The van der Waals surface area contributed by atoms with E-state index in [1.165, 1.54) is 0 Å². The molecule has 3 heteroatoms. The first-order valence-electron chi connectivity index (χ1n) is 6.50. The van der Waals surface area contributed by atoms with Gasteiger partial charge in [0.05, 0.1) is 6.42 Å². The molecule has 0 unspecified atom stereocenters. The smallest absolute Gasteiger partial charge is 0.224 e. The van der Waals surface area contributed by atoms with Crippen molar-refractivity contribution in [1.29, 1.82) is 0 Å². The molecule has 1 aromatic rings. The number of amides is 1. The summed E-state index contributed by atoms with van der Waals surface area (Å²) in [6.45, 7) is 10.1. The minimum absolute atomic E-state index is 0.0768. The average molecular weight is 248 g/mol. The van der Waals surface area contributed by atoms with Crippen molar-refractivity contribution in [2.24, 2.45) is 5.41 Å². The zero-order valence-corrected chi connectivity index (χ0v) is 11.8. The van der Waals surface area contributed by atoms with E-state index in [4.69, 9.17) is 0 Å². The lowest BCUT2D eigenvalue weighted by Crippen LogP contribution is -2.24. The van der Waals surface area contributed by atoms with E-state index in [-0.39, 0.29) is 11.3 Å². The van der Waals surface area contributed by atoms with Crippen LogP contribution in [0.2, 0.25) is 0 Å². The molecule has 0 saturated heterocycles. The second-order valence-corrected chi connectivity index (χ2v) is 5.74. The summed E-state index contributed by atoms with van der Waals surface area (Å²) in [5.41, 5.74) is 2.41. The molecule has 0 radical (unpaired) electrons. The molecule has 1 amide bonds. The maximum Gasteiger partial charge on any atom is 0.224 e. The van der Waals surface area contributed by atoms with Crippen LogP contribution in [0.1, 0.15) is 33.3 Å². The molecule has 0 fully saturated rings. The van der Waals surface area contributed by atoms with Gasteiger partial charge in [-0.05, 0) is 30.0 Å². The van der Waals surface area contributed by atoms with Crippen LogP contribution in [-0.4, -0.2) is 19.0 Å². The topological polar surface area (TPSA) is 41.1 Å². The quantitative estimate of drug-likeness (QED) is 0.841. The van der Waals surface area contributed by atoms with Crippen LogP contribution >= 0.6 is 0 Å². The van der Waals surface area contributed by atoms with Crippen molar-refractivity contribution in [3.8, 4) is 0 Å². The third-order valence-corrected chi connectivity index (χ3v) is 2.52. The average Bonchev–Trinajstić information content (AvgIpc) is 2.27. The molecule has 0 aliphatic heterocycles. The predicted octanol–water partition coefficient (Wildman–Crippen LogP) is 2.82. The van der Waals surface area contributed by atoms with Crippen molar-refractivity contribution in [1.82, 2.24) is 5.32 Å². The van der Waals surface area contributed by atoms with E-state index < -0.39 is 0 Å². The number of rotatable bonds is 5. The van der Waals surface area contributed by atoms with Gasteiger partial charge in [0.25, 0.3) is 0 Å². The van der Waals surface area contributed by atoms with Gasteiger partial charge in [0.15, 0.2) is 0 Å². The first-order chi connectivity index (χ1) is 8.40. The van der Waals surface area contributed by atoms with Crippen LogP contribution in [0.25, 0.3) is 0 Å². The van der Waals surface area contributed by atoms with Gasteiger partial charge in [-0.3, -0.25) is 4.79 Å². The molecule has 0 aliphatic carbocycles. The summed E-state index contributed by atoms with van der Waals surface area (Å²) >= 11 is 0. The SMILES string of the molecule is CCNC(=O)Cc1ccc(NCC(C)(C)C)cc1. The number of carbonyl (C=O) groups is 1. The van der Waals surface area contributed by atoms with Gasteiger partial charge in [-0.2, -0.15) is 0 Å². The molecule has 1 rings (SSSR count). The predicted molar refractivity (Wildman–Crippen MR) is 76.8 cm³/mol.